The zero-order valence-electron chi connectivity index (χ0n) is 8.64. The van der Waals surface area contributed by atoms with Crippen molar-refractivity contribution in [1.29, 1.82) is 0 Å². The summed E-state index contributed by atoms with van der Waals surface area (Å²) in [6.45, 7) is 11.1. The van der Waals surface area contributed by atoms with Crippen molar-refractivity contribution >= 4 is 0 Å². The van der Waals surface area contributed by atoms with Crippen LogP contribution in [0.25, 0.3) is 0 Å². The number of fused-ring (bicyclic) bond motifs is 1. The van der Waals surface area contributed by atoms with Crippen LogP contribution in [-0.2, 0) is 0 Å². The van der Waals surface area contributed by atoms with Gasteiger partial charge in [-0.25, -0.2) is 0 Å². The van der Waals surface area contributed by atoms with Crippen LogP contribution >= 0.6 is 0 Å². The Hall–Kier alpha value is -0.0400. The van der Waals surface area contributed by atoms with E-state index in [1.54, 1.807) is 0 Å². The lowest BCUT2D eigenvalue weighted by Crippen LogP contribution is -2.30. The van der Waals surface area contributed by atoms with Crippen molar-refractivity contribution < 1.29 is 0 Å². The second-order valence-electron chi connectivity index (χ2n) is 5.85. The van der Waals surface area contributed by atoms with Gasteiger partial charge < -0.3 is 4.90 Å². The van der Waals surface area contributed by atoms with Gasteiger partial charge in [-0.1, -0.05) is 20.8 Å². The lowest BCUT2D eigenvalue weighted by Gasteiger charge is -2.28. The van der Waals surface area contributed by atoms with E-state index in [1.165, 1.54) is 32.5 Å². The summed E-state index contributed by atoms with van der Waals surface area (Å²) in [5, 5.41) is 0. The van der Waals surface area contributed by atoms with Crippen LogP contribution in [0, 0.1) is 17.3 Å². The fourth-order valence-electron chi connectivity index (χ4n) is 2.66. The van der Waals surface area contributed by atoms with Gasteiger partial charge in [0.1, 0.15) is 0 Å². The van der Waals surface area contributed by atoms with Crippen molar-refractivity contribution in [3.8, 4) is 0 Å². The molecule has 0 aromatic heterocycles. The summed E-state index contributed by atoms with van der Waals surface area (Å²) in [6.07, 6.45) is 3.01. The number of hydrogen-bond donors (Lipinski definition) is 0. The third kappa shape index (κ3) is 1.66. The van der Waals surface area contributed by atoms with E-state index in [1.807, 2.05) is 0 Å². The molecular weight excluding hydrogens is 146 g/mol. The van der Waals surface area contributed by atoms with Crippen molar-refractivity contribution in [2.75, 3.05) is 19.6 Å². The average Bonchev–Trinajstić information content (AvgIpc) is 2.10. The number of nitrogens with zero attached hydrogens (tertiary/aromatic N) is 1. The largest absolute Gasteiger partial charge is 0.302 e. The number of likely N-dealkylation sites (tertiary alicyclic amines) is 1. The second-order valence-corrected chi connectivity index (χ2v) is 5.85. The van der Waals surface area contributed by atoms with Gasteiger partial charge in [0, 0.05) is 19.6 Å². The maximum Gasteiger partial charge on any atom is 0.00303 e. The van der Waals surface area contributed by atoms with Crippen molar-refractivity contribution in [1.82, 2.24) is 4.90 Å². The summed E-state index contributed by atoms with van der Waals surface area (Å²) < 4.78 is 0. The van der Waals surface area contributed by atoms with Crippen LogP contribution < -0.4 is 0 Å². The molecule has 1 saturated carbocycles. The molecule has 0 radical (unpaired) electrons. The van der Waals surface area contributed by atoms with E-state index in [0.717, 1.165) is 11.8 Å². The van der Waals surface area contributed by atoms with Crippen molar-refractivity contribution in [3.63, 3.8) is 0 Å². The van der Waals surface area contributed by atoms with Crippen molar-refractivity contribution in [3.05, 3.63) is 0 Å². The lowest BCUT2D eigenvalue weighted by molar-refractivity contribution is 0.222. The zero-order chi connectivity index (χ0) is 8.77. The summed E-state index contributed by atoms with van der Waals surface area (Å²) in [7, 11) is 0. The van der Waals surface area contributed by atoms with E-state index in [-0.39, 0.29) is 0 Å². The summed E-state index contributed by atoms with van der Waals surface area (Å²) in [5.74, 6) is 2.15. The first kappa shape index (κ1) is 8.55. The van der Waals surface area contributed by atoms with E-state index >= 15 is 0 Å². The molecule has 12 heavy (non-hydrogen) atoms. The molecule has 1 heteroatoms. The first-order valence-corrected chi connectivity index (χ1v) is 5.27. The van der Waals surface area contributed by atoms with Crippen LogP contribution in [0.1, 0.15) is 33.6 Å². The Bertz CT molecular complexity index is 156. The van der Waals surface area contributed by atoms with Crippen LogP contribution in [0.3, 0.4) is 0 Å². The summed E-state index contributed by atoms with van der Waals surface area (Å²) in [6, 6.07) is 0. The summed E-state index contributed by atoms with van der Waals surface area (Å²) in [4.78, 5) is 2.67. The molecule has 1 aliphatic heterocycles. The SMILES string of the molecule is CC(C)(C)CN1CC2CCC2C1. The molecule has 1 heterocycles. The molecule has 1 saturated heterocycles. The van der Waals surface area contributed by atoms with Crippen molar-refractivity contribution in [2.24, 2.45) is 17.3 Å². The normalized spacial score (nSPS) is 36.2. The van der Waals surface area contributed by atoms with E-state index in [9.17, 15) is 0 Å². The molecule has 2 atom stereocenters. The molecule has 0 aromatic carbocycles. The first-order valence-electron chi connectivity index (χ1n) is 5.27. The lowest BCUT2D eigenvalue weighted by atomic mass is 9.77. The van der Waals surface area contributed by atoms with Gasteiger partial charge >= 0.3 is 0 Å². The maximum absolute atomic E-state index is 2.67. The van der Waals surface area contributed by atoms with E-state index < -0.39 is 0 Å². The zero-order valence-corrected chi connectivity index (χ0v) is 8.64. The van der Waals surface area contributed by atoms with Gasteiger partial charge in [-0.05, 0) is 30.1 Å². The monoisotopic (exact) mass is 167 g/mol. The molecule has 1 nitrogen and oxygen atoms in total. The molecule has 0 N–H and O–H groups in total. The second kappa shape index (κ2) is 2.73. The van der Waals surface area contributed by atoms with Crippen LogP contribution in [0.15, 0.2) is 0 Å². The predicted molar refractivity (Wildman–Crippen MR) is 52.1 cm³/mol. The number of rotatable bonds is 1. The molecule has 2 fully saturated rings. The van der Waals surface area contributed by atoms with Gasteiger partial charge in [0.15, 0.2) is 0 Å². The van der Waals surface area contributed by atoms with Crippen LogP contribution in [0.4, 0.5) is 0 Å². The highest BCUT2D eigenvalue weighted by Gasteiger charge is 2.39. The van der Waals surface area contributed by atoms with Crippen LogP contribution in [-0.4, -0.2) is 24.5 Å². The van der Waals surface area contributed by atoms with Gasteiger partial charge in [-0.2, -0.15) is 0 Å². The molecule has 70 valence electrons. The van der Waals surface area contributed by atoms with Gasteiger partial charge in [0.2, 0.25) is 0 Å². The third-order valence-electron chi connectivity index (χ3n) is 3.26. The molecule has 0 aromatic rings. The first-order chi connectivity index (χ1) is 5.54. The standard InChI is InChI=1S/C11H21N/c1-11(2,3)8-12-6-9-4-5-10(9)7-12/h9-10H,4-8H2,1-3H3. The molecule has 0 spiro atoms. The minimum Gasteiger partial charge on any atom is -0.302 e. The molecule has 2 rings (SSSR count). The van der Waals surface area contributed by atoms with Crippen molar-refractivity contribution in [2.45, 2.75) is 33.6 Å². The molecule has 1 aliphatic carbocycles. The Morgan fingerprint density at radius 1 is 1.08 bits per heavy atom. The Morgan fingerprint density at radius 2 is 1.58 bits per heavy atom. The maximum atomic E-state index is 2.67. The quantitative estimate of drug-likeness (QED) is 0.579. The minimum absolute atomic E-state index is 0.490. The van der Waals surface area contributed by atoms with Gasteiger partial charge in [-0.3, -0.25) is 0 Å². The Kier molecular flexibility index (Phi) is 1.95. The average molecular weight is 167 g/mol. The molecule has 2 unspecified atom stereocenters. The van der Waals surface area contributed by atoms with E-state index in [2.05, 4.69) is 25.7 Å². The fourth-order valence-corrected chi connectivity index (χ4v) is 2.66. The highest BCUT2D eigenvalue weighted by Crippen LogP contribution is 2.41. The highest BCUT2D eigenvalue weighted by molar-refractivity contribution is 4.92. The van der Waals surface area contributed by atoms with E-state index in [0.29, 0.717) is 5.41 Å². The predicted octanol–water partition coefficient (Wildman–Crippen LogP) is 2.37. The summed E-state index contributed by atoms with van der Waals surface area (Å²) >= 11 is 0. The fraction of sp³-hybridized carbons (Fsp3) is 1.00. The van der Waals surface area contributed by atoms with E-state index in [4.69, 9.17) is 0 Å². The number of hydrogen-bond acceptors (Lipinski definition) is 1. The minimum atomic E-state index is 0.490. The van der Waals surface area contributed by atoms with Crippen LogP contribution in [0.2, 0.25) is 0 Å². The topological polar surface area (TPSA) is 3.24 Å². The van der Waals surface area contributed by atoms with Gasteiger partial charge in [0.25, 0.3) is 0 Å². The Morgan fingerprint density at radius 3 is 1.92 bits per heavy atom. The Balaban J connectivity index is 1.83. The molecule has 0 amide bonds. The smallest absolute Gasteiger partial charge is 0.00303 e. The van der Waals surface area contributed by atoms with Crippen LogP contribution in [0.5, 0.6) is 0 Å². The summed E-state index contributed by atoms with van der Waals surface area (Å²) in [5.41, 5.74) is 0.490. The van der Waals surface area contributed by atoms with Gasteiger partial charge in [0.05, 0.1) is 0 Å². The molecular formula is C11H21N. The molecule has 0 bridgehead atoms. The highest BCUT2D eigenvalue weighted by atomic mass is 15.2. The van der Waals surface area contributed by atoms with Gasteiger partial charge in [-0.15, -0.1) is 0 Å². The Labute approximate surface area is 76.1 Å². The molecule has 2 aliphatic rings. The third-order valence-corrected chi connectivity index (χ3v) is 3.26.